The normalized spacial score (nSPS) is 12.2. The molecule has 1 unspecified atom stereocenters. The van der Waals surface area contributed by atoms with Crippen LogP contribution in [-0.2, 0) is 0 Å². The molecule has 0 aliphatic rings. The molecule has 1 atom stereocenters. The first-order chi connectivity index (χ1) is 8.56. The van der Waals surface area contributed by atoms with Crippen molar-refractivity contribution in [3.05, 3.63) is 57.5 Å². The third-order valence-corrected chi connectivity index (χ3v) is 3.27. The van der Waals surface area contributed by atoms with Crippen molar-refractivity contribution in [2.45, 2.75) is 13.0 Å². The lowest BCUT2D eigenvalue weighted by Gasteiger charge is -2.10. The molecule has 0 amide bonds. The Labute approximate surface area is 119 Å². The van der Waals surface area contributed by atoms with Crippen LogP contribution in [0.2, 0.25) is 5.02 Å². The van der Waals surface area contributed by atoms with Crippen LogP contribution in [0.4, 0.5) is 0 Å². The van der Waals surface area contributed by atoms with Gasteiger partial charge in [0.15, 0.2) is 0 Å². The van der Waals surface area contributed by atoms with Crippen LogP contribution >= 0.6 is 27.5 Å². The van der Waals surface area contributed by atoms with Crippen molar-refractivity contribution in [3.63, 3.8) is 0 Å². The van der Waals surface area contributed by atoms with Gasteiger partial charge in [0.1, 0.15) is 11.5 Å². The maximum absolute atomic E-state index is 9.49. The van der Waals surface area contributed by atoms with E-state index < -0.39 is 6.10 Å². The monoisotopic (exact) mass is 326 g/mol. The van der Waals surface area contributed by atoms with E-state index >= 15 is 0 Å². The van der Waals surface area contributed by atoms with E-state index in [1.54, 1.807) is 25.1 Å². The highest BCUT2D eigenvalue weighted by Gasteiger charge is 2.08. The molecule has 0 aliphatic carbocycles. The van der Waals surface area contributed by atoms with Crippen LogP contribution < -0.4 is 4.74 Å². The zero-order valence-corrected chi connectivity index (χ0v) is 12.1. The largest absolute Gasteiger partial charge is 0.457 e. The summed E-state index contributed by atoms with van der Waals surface area (Å²) in [7, 11) is 0. The minimum atomic E-state index is -0.586. The highest BCUT2D eigenvalue weighted by molar-refractivity contribution is 9.10. The minimum absolute atomic E-state index is 0.498. The van der Waals surface area contributed by atoms with Gasteiger partial charge < -0.3 is 9.84 Å². The van der Waals surface area contributed by atoms with Crippen molar-refractivity contribution in [1.29, 1.82) is 0 Å². The first-order valence-corrected chi connectivity index (χ1v) is 6.64. The first kappa shape index (κ1) is 13.4. The second kappa shape index (κ2) is 5.74. The number of hydrogen-bond acceptors (Lipinski definition) is 2. The van der Waals surface area contributed by atoms with Gasteiger partial charge in [-0.25, -0.2) is 0 Å². The van der Waals surface area contributed by atoms with Crippen molar-refractivity contribution in [2.24, 2.45) is 0 Å². The summed E-state index contributed by atoms with van der Waals surface area (Å²) >= 11 is 9.45. The third kappa shape index (κ3) is 3.25. The molecule has 2 nitrogen and oxygen atoms in total. The van der Waals surface area contributed by atoms with Crippen molar-refractivity contribution in [1.82, 2.24) is 0 Å². The number of benzene rings is 2. The van der Waals surface area contributed by atoms with E-state index in [2.05, 4.69) is 15.9 Å². The molecule has 2 aromatic rings. The van der Waals surface area contributed by atoms with E-state index in [9.17, 15) is 5.11 Å². The summed E-state index contributed by atoms with van der Waals surface area (Å²) in [4.78, 5) is 0. The van der Waals surface area contributed by atoms with E-state index in [0.29, 0.717) is 16.3 Å². The molecule has 94 valence electrons. The number of aliphatic hydroxyl groups is 1. The molecule has 18 heavy (non-hydrogen) atoms. The third-order valence-electron chi connectivity index (χ3n) is 2.45. The molecule has 0 spiro atoms. The predicted molar refractivity (Wildman–Crippen MR) is 76.3 cm³/mol. The van der Waals surface area contributed by atoms with E-state index in [1.807, 2.05) is 24.3 Å². The Morgan fingerprint density at radius 1 is 1.17 bits per heavy atom. The summed E-state index contributed by atoms with van der Waals surface area (Å²) < 4.78 is 6.63. The van der Waals surface area contributed by atoms with Gasteiger partial charge in [-0.05, 0) is 42.8 Å². The number of halogens is 2. The Kier molecular flexibility index (Phi) is 4.27. The minimum Gasteiger partial charge on any atom is -0.457 e. The molecule has 2 aromatic carbocycles. The Balaban J connectivity index is 2.23. The van der Waals surface area contributed by atoms with Crippen LogP contribution in [-0.4, -0.2) is 5.11 Å². The van der Waals surface area contributed by atoms with Gasteiger partial charge in [-0.15, -0.1) is 0 Å². The summed E-state index contributed by atoms with van der Waals surface area (Å²) in [6.45, 7) is 1.68. The summed E-state index contributed by atoms with van der Waals surface area (Å²) in [5, 5.41) is 9.99. The fourth-order valence-electron chi connectivity index (χ4n) is 1.58. The average Bonchev–Trinajstić information content (AvgIpc) is 2.28. The molecular weight excluding hydrogens is 316 g/mol. The average molecular weight is 328 g/mol. The fraction of sp³-hybridized carbons (Fsp3) is 0.143. The zero-order chi connectivity index (χ0) is 13.1. The standard InChI is InChI=1S/C14H12BrClO2/c1-9(17)13-6-5-12(8-14(13)16)18-11-4-2-3-10(15)7-11/h2-9,17H,1H3. The SMILES string of the molecule is CC(O)c1ccc(Oc2cccc(Br)c2)cc1Cl. The van der Waals surface area contributed by atoms with Crippen LogP contribution in [0.5, 0.6) is 11.5 Å². The molecule has 0 aliphatic heterocycles. The number of hydrogen-bond donors (Lipinski definition) is 1. The molecule has 0 bridgehead atoms. The molecular formula is C14H12BrClO2. The summed E-state index contributed by atoms with van der Waals surface area (Å²) in [6, 6.07) is 12.8. The van der Waals surface area contributed by atoms with Gasteiger partial charge in [-0.2, -0.15) is 0 Å². The smallest absolute Gasteiger partial charge is 0.128 e. The van der Waals surface area contributed by atoms with Gasteiger partial charge in [0.25, 0.3) is 0 Å². The Morgan fingerprint density at radius 2 is 1.89 bits per heavy atom. The van der Waals surface area contributed by atoms with Crippen LogP contribution in [0.1, 0.15) is 18.6 Å². The van der Waals surface area contributed by atoms with Crippen molar-refractivity contribution < 1.29 is 9.84 Å². The summed E-state index contributed by atoms with van der Waals surface area (Å²) in [6.07, 6.45) is -0.586. The molecule has 0 saturated carbocycles. The second-order valence-electron chi connectivity index (χ2n) is 3.92. The van der Waals surface area contributed by atoms with Gasteiger partial charge in [0.05, 0.1) is 11.1 Å². The van der Waals surface area contributed by atoms with E-state index in [0.717, 1.165) is 10.2 Å². The van der Waals surface area contributed by atoms with Crippen molar-refractivity contribution in [2.75, 3.05) is 0 Å². The van der Waals surface area contributed by atoms with Crippen LogP contribution in [0, 0.1) is 0 Å². The molecule has 0 heterocycles. The van der Waals surface area contributed by atoms with Gasteiger partial charge in [-0.3, -0.25) is 0 Å². The van der Waals surface area contributed by atoms with E-state index in [1.165, 1.54) is 0 Å². The number of aliphatic hydroxyl groups excluding tert-OH is 1. The highest BCUT2D eigenvalue weighted by atomic mass is 79.9. The highest BCUT2D eigenvalue weighted by Crippen LogP contribution is 2.30. The lowest BCUT2D eigenvalue weighted by atomic mass is 10.1. The Bertz CT molecular complexity index is 555. The van der Waals surface area contributed by atoms with Gasteiger partial charge >= 0.3 is 0 Å². The summed E-state index contributed by atoms with van der Waals surface area (Å²) in [5.74, 6) is 1.37. The zero-order valence-electron chi connectivity index (χ0n) is 9.73. The summed E-state index contributed by atoms with van der Waals surface area (Å²) in [5.41, 5.74) is 0.693. The maximum Gasteiger partial charge on any atom is 0.128 e. The van der Waals surface area contributed by atoms with Gasteiger partial charge in [0, 0.05) is 4.47 Å². The molecule has 2 rings (SSSR count). The molecule has 4 heteroatoms. The molecule has 0 fully saturated rings. The number of rotatable bonds is 3. The number of ether oxygens (including phenoxy) is 1. The predicted octanol–water partition coefficient (Wildman–Crippen LogP) is 4.95. The lowest BCUT2D eigenvalue weighted by molar-refractivity contribution is 0.199. The second-order valence-corrected chi connectivity index (χ2v) is 5.24. The van der Waals surface area contributed by atoms with Crippen molar-refractivity contribution >= 4 is 27.5 Å². The van der Waals surface area contributed by atoms with Crippen LogP contribution in [0.15, 0.2) is 46.9 Å². The fourth-order valence-corrected chi connectivity index (χ4v) is 2.28. The Hall–Kier alpha value is -1.03. The quantitative estimate of drug-likeness (QED) is 0.864. The molecule has 0 saturated heterocycles. The Morgan fingerprint density at radius 3 is 2.50 bits per heavy atom. The van der Waals surface area contributed by atoms with Crippen LogP contribution in [0.25, 0.3) is 0 Å². The van der Waals surface area contributed by atoms with Gasteiger partial charge in [-0.1, -0.05) is 39.7 Å². The lowest BCUT2D eigenvalue weighted by Crippen LogP contribution is -1.93. The van der Waals surface area contributed by atoms with Crippen LogP contribution in [0.3, 0.4) is 0 Å². The van der Waals surface area contributed by atoms with E-state index in [4.69, 9.17) is 16.3 Å². The van der Waals surface area contributed by atoms with E-state index in [-0.39, 0.29) is 0 Å². The molecule has 0 radical (unpaired) electrons. The topological polar surface area (TPSA) is 29.5 Å². The van der Waals surface area contributed by atoms with Crippen molar-refractivity contribution in [3.8, 4) is 11.5 Å². The molecule has 1 N–H and O–H groups in total. The maximum atomic E-state index is 9.49. The first-order valence-electron chi connectivity index (χ1n) is 5.47. The molecule has 0 aromatic heterocycles. The van der Waals surface area contributed by atoms with Gasteiger partial charge in [0.2, 0.25) is 0 Å².